The fourth-order valence-corrected chi connectivity index (χ4v) is 3.25. The average Bonchev–Trinajstić information content (AvgIpc) is 2.95. The monoisotopic (exact) mass is 292 g/mol. The molecule has 2 aliphatic heterocycles. The predicted octanol–water partition coefficient (Wildman–Crippen LogP) is 2.47. The van der Waals surface area contributed by atoms with Crippen molar-refractivity contribution in [2.75, 3.05) is 26.3 Å². The van der Waals surface area contributed by atoms with E-state index in [1.807, 2.05) is 17.8 Å². The molecule has 1 unspecified atom stereocenters. The number of aliphatic imine (C=N–C) groups is 1. The highest BCUT2D eigenvalue weighted by molar-refractivity contribution is 8.14. The summed E-state index contributed by atoms with van der Waals surface area (Å²) in [6.45, 7) is 5.35. The minimum Gasteiger partial charge on any atom is -0.486 e. The molecule has 0 aromatic heterocycles. The van der Waals surface area contributed by atoms with Crippen LogP contribution in [0.1, 0.15) is 18.9 Å². The molecule has 0 radical (unpaired) electrons. The van der Waals surface area contributed by atoms with Gasteiger partial charge < -0.3 is 14.8 Å². The number of nitrogens with zero attached hydrogens (tertiary/aromatic N) is 1. The maximum absolute atomic E-state index is 5.60. The lowest BCUT2D eigenvalue weighted by Crippen LogP contribution is -2.22. The maximum Gasteiger partial charge on any atom is 0.161 e. The lowest BCUT2D eigenvalue weighted by atomic mass is 10.1. The number of nitrogens with one attached hydrogen (secondary N) is 1. The second-order valence-corrected chi connectivity index (χ2v) is 6.24. The van der Waals surface area contributed by atoms with Crippen LogP contribution < -0.4 is 14.8 Å². The molecule has 0 spiro atoms. The van der Waals surface area contributed by atoms with Gasteiger partial charge in [0.05, 0.1) is 6.54 Å². The van der Waals surface area contributed by atoms with Gasteiger partial charge in [-0.1, -0.05) is 24.8 Å². The molecule has 1 N–H and O–H groups in total. The number of amidine groups is 1. The van der Waals surface area contributed by atoms with E-state index in [0.29, 0.717) is 18.5 Å². The second kappa shape index (κ2) is 6.39. The van der Waals surface area contributed by atoms with Crippen LogP contribution in [-0.4, -0.2) is 36.7 Å². The van der Waals surface area contributed by atoms with Crippen molar-refractivity contribution in [3.63, 3.8) is 0 Å². The molecule has 20 heavy (non-hydrogen) atoms. The fourth-order valence-electron chi connectivity index (χ4n) is 2.28. The smallest absolute Gasteiger partial charge is 0.161 e. The molecule has 0 fully saturated rings. The van der Waals surface area contributed by atoms with E-state index >= 15 is 0 Å². The van der Waals surface area contributed by atoms with E-state index in [1.54, 1.807) is 0 Å². The van der Waals surface area contributed by atoms with Crippen LogP contribution in [0.4, 0.5) is 0 Å². The molecule has 1 aromatic rings. The predicted molar refractivity (Wildman–Crippen MR) is 83.1 cm³/mol. The molecule has 2 aliphatic rings. The number of hydrogen-bond donors (Lipinski definition) is 1. The van der Waals surface area contributed by atoms with Crippen molar-refractivity contribution in [3.05, 3.63) is 23.8 Å². The number of thioether (sulfide) groups is 1. The third-order valence-corrected chi connectivity index (χ3v) is 4.78. The summed E-state index contributed by atoms with van der Waals surface area (Å²) in [5.41, 5.74) is 1.26. The minimum atomic E-state index is 0.639. The van der Waals surface area contributed by atoms with Crippen LogP contribution in [0.2, 0.25) is 0 Å². The minimum absolute atomic E-state index is 0.639. The lowest BCUT2D eigenvalue weighted by molar-refractivity contribution is 0.171. The van der Waals surface area contributed by atoms with Crippen LogP contribution in [0.15, 0.2) is 23.2 Å². The van der Waals surface area contributed by atoms with Crippen molar-refractivity contribution in [3.8, 4) is 11.5 Å². The van der Waals surface area contributed by atoms with Crippen LogP contribution in [0.3, 0.4) is 0 Å². The Morgan fingerprint density at radius 1 is 1.30 bits per heavy atom. The molecule has 0 saturated carbocycles. The van der Waals surface area contributed by atoms with Crippen molar-refractivity contribution in [2.24, 2.45) is 4.99 Å². The molecular formula is C15H20N2O2S. The molecule has 0 bridgehead atoms. The van der Waals surface area contributed by atoms with Gasteiger partial charge in [-0.05, 0) is 30.5 Å². The highest BCUT2D eigenvalue weighted by Crippen LogP contribution is 2.30. The van der Waals surface area contributed by atoms with Gasteiger partial charge in [-0.3, -0.25) is 4.99 Å². The van der Waals surface area contributed by atoms with E-state index in [1.165, 1.54) is 12.0 Å². The Kier molecular flexibility index (Phi) is 4.35. The first kappa shape index (κ1) is 13.6. The largest absolute Gasteiger partial charge is 0.486 e. The lowest BCUT2D eigenvalue weighted by Gasteiger charge is -2.19. The van der Waals surface area contributed by atoms with Crippen LogP contribution in [-0.2, 0) is 6.42 Å². The van der Waals surface area contributed by atoms with Gasteiger partial charge in [0.2, 0.25) is 0 Å². The summed E-state index contributed by atoms with van der Waals surface area (Å²) >= 11 is 1.86. The molecule has 0 aliphatic carbocycles. The van der Waals surface area contributed by atoms with Crippen LogP contribution in [0.25, 0.3) is 0 Å². The Labute approximate surface area is 123 Å². The molecule has 2 heterocycles. The van der Waals surface area contributed by atoms with Crippen LogP contribution in [0.5, 0.6) is 11.5 Å². The van der Waals surface area contributed by atoms with Crippen molar-refractivity contribution in [2.45, 2.75) is 25.0 Å². The van der Waals surface area contributed by atoms with Gasteiger partial charge in [-0.15, -0.1) is 0 Å². The van der Waals surface area contributed by atoms with E-state index in [2.05, 4.69) is 29.4 Å². The standard InChI is InChI=1S/C15H20N2O2S/c1-2-12-10-17-15(20-12)16-6-5-11-3-4-13-14(9-11)19-8-7-18-13/h3-4,9,12H,2,5-8,10H2,1H3,(H,16,17). The van der Waals surface area contributed by atoms with E-state index in [9.17, 15) is 0 Å². The molecule has 108 valence electrons. The summed E-state index contributed by atoms with van der Waals surface area (Å²) in [4.78, 5) is 4.51. The quantitative estimate of drug-likeness (QED) is 0.926. The first-order valence-corrected chi connectivity index (χ1v) is 8.06. The van der Waals surface area contributed by atoms with E-state index < -0.39 is 0 Å². The zero-order valence-corrected chi connectivity index (χ0v) is 12.5. The highest BCUT2D eigenvalue weighted by Gasteiger charge is 2.17. The van der Waals surface area contributed by atoms with Gasteiger partial charge in [-0.25, -0.2) is 0 Å². The van der Waals surface area contributed by atoms with Crippen molar-refractivity contribution >= 4 is 16.9 Å². The Morgan fingerprint density at radius 3 is 2.95 bits per heavy atom. The third kappa shape index (κ3) is 3.20. The summed E-state index contributed by atoms with van der Waals surface area (Å²) in [6.07, 6.45) is 2.15. The molecule has 1 atom stereocenters. The summed E-state index contributed by atoms with van der Waals surface area (Å²) in [6, 6.07) is 6.18. The SMILES string of the molecule is CCC1CN=C(NCCc2ccc3c(c2)OCCO3)S1. The topological polar surface area (TPSA) is 42.9 Å². The summed E-state index contributed by atoms with van der Waals surface area (Å²) in [7, 11) is 0. The zero-order chi connectivity index (χ0) is 13.8. The van der Waals surface area contributed by atoms with Gasteiger partial charge in [0.25, 0.3) is 0 Å². The molecule has 3 rings (SSSR count). The molecular weight excluding hydrogens is 272 g/mol. The number of hydrogen-bond acceptors (Lipinski definition) is 5. The molecule has 4 nitrogen and oxygen atoms in total. The highest BCUT2D eigenvalue weighted by atomic mass is 32.2. The zero-order valence-electron chi connectivity index (χ0n) is 11.7. The maximum atomic E-state index is 5.60. The Bertz CT molecular complexity index is 505. The van der Waals surface area contributed by atoms with Crippen molar-refractivity contribution in [1.29, 1.82) is 0 Å². The van der Waals surface area contributed by atoms with Crippen LogP contribution in [0, 0.1) is 0 Å². The molecule has 5 heteroatoms. The summed E-state index contributed by atoms with van der Waals surface area (Å²) < 4.78 is 11.1. The first-order valence-electron chi connectivity index (χ1n) is 7.18. The van der Waals surface area contributed by atoms with Gasteiger partial charge in [0.1, 0.15) is 13.2 Å². The number of ether oxygens (including phenoxy) is 2. The van der Waals surface area contributed by atoms with Gasteiger partial charge in [0.15, 0.2) is 16.7 Å². The molecule has 0 amide bonds. The second-order valence-electron chi connectivity index (χ2n) is 4.95. The Morgan fingerprint density at radius 2 is 2.15 bits per heavy atom. The fraction of sp³-hybridized carbons (Fsp3) is 0.533. The van der Waals surface area contributed by atoms with Crippen LogP contribution >= 0.6 is 11.8 Å². The number of benzene rings is 1. The average molecular weight is 292 g/mol. The third-order valence-electron chi connectivity index (χ3n) is 3.47. The van der Waals surface area contributed by atoms with Crippen molar-refractivity contribution in [1.82, 2.24) is 5.32 Å². The van der Waals surface area contributed by atoms with Gasteiger partial charge in [-0.2, -0.15) is 0 Å². The molecule has 1 aromatic carbocycles. The van der Waals surface area contributed by atoms with Crippen molar-refractivity contribution < 1.29 is 9.47 Å². The van der Waals surface area contributed by atoms with Gasteiger partial charge >= 0.3 is 0 Å². The summed E-state index contributed by atoms with van der Waals surface area (Å²) in [5, 5.41) is 5.17. The number of rotatable bonds is 4. The first-order chi connectivity index (χ1) is 9.85. The number of fused-ring (bicyclic) bond motifs is 1. The van der Waals surface area contributed by atoms with E-state index in [-0.39, 0.29) is 0 Å². The summed E-state index contributed by atoms with van der Waals surface area (Å²) in [5.74, 6) is 1.72. The van der Waals surface area contributed by atoms with E-state index in [0.717, 1.165) is 36.2 Å². The Balaban J connectivity index is 1.49. The molecule has 0 saturated heterocycles. The van der Waals surface area contributed by atoms with E-state index in [4.69, 9.17) is 9.47 Å². The van der Waals surface area contributed by atoms with Gasteiger partial charge in [0, 0.05) is 11.8 Å². The normalized spacial score (nSPS) is 20.6. The Hall–Kier alpha value is -1.36.